The van der Waals surface area contributed by atoms with Crippen LogP contribution in [0.3, 0.4) is 0 Å². The third-order valence-electron chi connectivity index (χ3n) is 6.27. The largest absolute Gasteiger partial charge is 0.497 e. The molecular formula is C30H30N2O6S. The van der Waals surface area contributed by atoms with Gasteiger partial charge in [0.1, 0.15) is 24.1 Å². The number of aryl methyl sites for hydroxylation is 1. The quantitative estimate of drug-likeness (QED) is 0.271. The van der Waals surface area contributed by atoms with E-state index in [0.717, 1.165) is 33.3 Å². The molecule has 4 rings (SSSR count). The lowest BCUT2D eigenvalue weighted by Gasteiger charge is -2.15. The van der Waals surface area contributed by atoms with Crippen molar-refractivity contribution in [1.29, 1.82) is 0 Å². The molecule has 4 aromatic rings. The van der Waals surface area contributed by atoms with Gasteiger partial charge in [-0.15, -0.1) is 5.92 Å². The number of carboxylic acids is 1. The van der Waals surface area contributed by atoms with E-state index in [0.29, 0.717) is 12.3 Å². The number of carboxylic acid groups (broad SMARTS) is 1. The van der Waals surface area contributed by atoms with Gasteiger partial charge in [0, 0.05) is 30.1 Å². The number of sulfonamides is 1. The number of hydrogen-bond acceptors (Lipinski definition) is 5. The second-order valence-electron chi connectivity index (χ2n) is 9.05. The summed E-state index contributed by atoms with van der Waals surface area (Å²) >= 11 is 0. The van der Waals surface area contributed by atoms with Crippen molar-refractivity contribution in [3.8, 4) is 23.3 Å². The zero-order chi connectivity index (χ0) is 28.0. The van der Waals surface area contributed by atoms with Crippen molar-refractivity contribution < 1.29 is 27.8 Å². The van der Waals surface area contributed by atoms with Gasteiger partial charge < -0.3 is 19.1 Å². The second kappa shape index (κ2) is 12.1. The summed E-state index contributed by atoms with van der Waals surface area (Å²) < 4.78 is 41.2. The van der Waals surface area contributed by atoms with E-state index in [4.69, 9.17) is 9.47 Å². The highest BCUT2D eigenvalue weighted by molar-refractivity contribution is 7.89. The number of rotatable bonds is 11. The maximum absolute atomic E-state index is 13.1. The summed E-state index contributed by atoms with van der Waals surface area (Å²) in [5, 5.41) is 10.8. The van der Waals surface area contributed by atoms with Crippen LogP contribution in [0.25, 0.3) is 10.9 Å². The summed E-state index contributed by atoms with van der Waals surface area (Å²) in [6.07, 6.45) is 1.87. The molecule has 2 N–H and O–H groups in total. The summed E-state index contributed by atoms with van der Waals surface area (Å²) in [4.78, 5) is 12.1. The topological polar surface area (TPSA) is 107 Å². The van der Waals surface area contributed by atoms with Crippen molar-refractivity contribution in [2.75, 3.05) is 13.7 Å². The van der Waals surface area contributed by atoms with E-state index in [-0.39, 0.29) is 17.9 Å². The fraction of sp³-hybridized carbons (Fsp3) is 0.233. The molecule has 202 valence electrons. The van der Waals surface area contributed by atoms with Gasteiger partial charge in [-0.25, -0.2) is 8.42 Å². The molecule has 0 spiro atoms. The third-order valence-corrected chi connectivity index (χ3v) is 7.76. The first-order valence-corrected chi connectivity index (χ1v) is 13.8. The molecule has 0 unspecified atom stereocenters. The standard InChI is InChI=1S/C30H30N2O6S/c1-4-5-16-38-25-11-13-26(14-12-25)39(35,36)31-28(30(33)34)18-23-20-32(29-15-6-21(2)17-27(23)29)19-22-7-9-24(37-3)10-8-22/h6-15,17,20,28,31H,16,18-19H2,1-3H3,(H,33,34)/t28-/m0/s1. The predicted octanol–water partition coefficient (Wildman–Crippen LogP) is 4.38. The Labute approximate surface area is 228 Å². The van der Waals surface area contributed by atoms with Crippen molar-refractivity contribution in [3.63, 3.8) is 0 Å². The van der Waals surface area contributed by atoms with Crippen LogP contribution in [-0.2, 0) is 27.8 Å². The van der Waals surface area contributed by atoms with E-state index in [1.54, 1.807) is 14.0 Å². The van der Waals surface area contributed by atoms with Gasteiger partial charge in [-0.2, -0.15) is 4.72 Å². The lowest BCUT2D eigenvalue weighted by Crippen LogP contribution is -2.42. The van der Waals surface area contributed by atoms with Crippen LogP contribution in [0.15, 0.2) is 77.8 Å². The molecule has 0 aliphatic rings. The van der Waals surface area contributed by atoms with Gasteiger partial charge in [-0.05, 0) is 73.5 Å². The first kappa shape index (κ1) is 27.8. The molecule has 0 fully saturated rings. The Kier molecular flexibility index (Phi) is 8.59. The summed E-state index contributed by atoms with van der Waals surface area (Å²) in [7, 11) is -2.49. The minimum atomic E-state index is -4.11. The average molecular weight is 547 g/mol. The first-order chi connectivity index (χ1) is 18.7. The van der Waals surface area contributed by atoms with Crippen molar-refractivity contribution in [3.05, 3.63) is 89.6 Å². The molecule has 0 amide bonds. The molecule has 1 aromatic heterocycles. The van der Waals surface area contributed by atoms with Crippen LogP contribution in [0.2, 0.25) is 0 Å². The van der Waals surface area contributed by atoms with Crippen molar-refractivity contribution in [2.24, 2.45) is 0 Å². The number of methoxy groups -OCH3 is 1. The highest BCUT2D eigenvalue weighted by atomic mass is 32.2. The number of ether oxygens (including phenoxy) is 2. The maximum Gasteiger partial charge on any atom is 0.322 e. The summed E-state index contributed by atoms with van der Waals surface area (Å²) in [6, 6.07) is 18.1. The van der Waals surface area contributed by atoms with Gasteiger partial charge in [0.05, 0.1) is 12.0 Å². The number of nitrogens with one attached hydrogen (secondary N) is 1. The molecule has 0 saturated heterocycles. The molecule has 1 atom stereocenters. The summed E-state index contributed by atoms with van der Waals surface area (Å²) in [6.45, 7) is 4.41. The van der Waals surface area contributed by atoms with Crippen molar-refractivity contribution >= 4 is 26.9 Å². The Morgan fingerprint density at radius 2 is 1.74 bits per heavy atom. The number of carbonyl (C=O) groups is 1. The summed E-state index contributed by atoms with van der Waals surface area (Å²) in [5.74, 6) is 5.44. The molecule has 0 aliphatic carbocycles. The second-order valence-corrected chi connectivity index (χ2v) is 10.8. The smallest absolute Gasteiger partial charge is 0.322 e. The lowest BCUT2D eigenvalue weighted by molar-refractivity contribution is -0.138. The molecule has 1 heterocycles. The number of nitrogens with zero attached hydrogens (tertiary/aromatic N) is 1. The molecule has 9 heteroatoms. The number of aromatic nitrogens is 1. The summed E-state index contributed by atoms with van der Waals surface area (Å²) in [5.41, 5.74) is 3.73. The Bertz CT molecular complexity index is 1630. The van der Waals surface area contributed by atoms with Crippen LogP contribution in [0.1, 0.15) is 23.6 Å². The van der Waals surface area contributed by atoms with Crippen LogP contribution >= 0.6 is 0 Å². The average Bonchev–Trinajstić information content (AvgIpc) is 3.24. The van der Waals surface area contributed by atoms with Gasteiger partial charge in [0.2, 0.25) is 10.0 Å². The Morgan fingerprint density at radius 1 is 1.05 bits per heavy atom. The molecular weight excluding hydrogens is 516 g/mol. The minimum absolute atomic E-state index is 0.0268. The lowest BCUT2D eigenvalue weighted by atomic mass is 10.0. The van der Waals surface area contributed by atoms with Gasteiger partial charge in [-0.1, -0.05) is 29.7 Å². The first-order valence-electron chi connectivity index (χ1n) is 12.3. The zero-order valence-corrected chi connectivity index (χ0v) is 22.8. The van der Waals surface area contributed by atoms with Crippen molar-refractivity contribution in [2.45, 2.75) is 37.8 Å². The highest BCUT2D eigenvalue weighted by Crippen LogP contribution is 2.26. The van der Waals surface area contributed by atoms with Gasteiger partial charge in [0.15, 0.2) is 0 Å². The monoisotopic (exact) mass is 546 g/mol. The number of aliphatic carboxylic acids is 1. The van der Waals surface area contributed by atoms with Gasteiger partial charge in [0.25, 0.3) is 0 Å². The fourth-order valence-corrected chi connectivity index (χ4v) is 5.46. The zero-order valence-electron chi connectivity index (χ0n) is 22.0. The number of hydrogen-bond donors (Lipinski definition) is 2. The Balaban J connectivity index is 1.59. The molecule has 0 bridgehead atoms. The number of fused-ring (bicyclic) bond motifs is 1. The predicted molar refractivity (Wildman–Crippen MR) is 150 cm³/mol. The molecule has 0 aliphatic heterocycles. The van der Waals surface area contributed by atoms with Crippen LogP contribution in [0.4, 0.5) is 0 Å². The third kappa shape index (κ3) is 6.79. The molecule has 0 saturated carbocycles. The van der Waals surface area contributed by atoms with Crippen molar-refractivity contribution in [1.82, 2.24) is 9.29 Å². The van der Waals surface area contributed by atoms with Crippen LogP contribution in [0, 0.1) is 18.8 Å². The van der Waals surface area contributed by atoms with Gasteiger partial charge in [-0.3, -0.25) is 4.79 Å². The minimum Gasteiger partial charge on any atom is -0.497 e. The molecule has 39 heavy (non-hydrogen) atoms. The van der Waals surface area contributed by atoms with Crippen LogP contribution in [-0.4, -0.2) is 43.8 Å². The van der Waals surface area contributed by atoms with E-state index in [2.05, 4.69) is 16.6 Å². The SMILES string of the molecule is CC#CCOc1ccc(S(=O)(=O)N[C@@H](Cc2cn(Cc3ccc(OC)cc3)c3ccc(C)cc23)C(=O)O)cc1. The molecule has 3 aromatic carbocycles. The van der Waals surface area contributed by atoms with Crippen LogP contribution < -0.4 is 14.2 Å². The highest BCUT2D eigenvalue weighted by Gasteiger charge is 2.27. The fourth-order valence-electron chi connectivity index (χ4n) is 4.27. The van der Waals surface area contributed by atoms with Crippen LogP contribution in [0.5, 0.6) is 11.5 Å². The molecule has 8 nitrogen and oxygen atoms in total. The normalized spacial score (nSPS) is 12.0. The van der Waals surface area contributed by atoms with E-state index in [9.17, 15) is 18.3 Å². The van der Waals surface area contributed by atoms with E-state index >= 15 is 0 Å². The maximum atomic E-state index is 13.1. The Hall–Kier alpha value is -4.26. The number of benzene rings is 3. The van der Waals surface area contributed by atoms with E-state index in [1.165, 1.54) is 24.3 Å². The molecule has 0 radical (unpaired) electrons. The van der Waals surface area contributed by atoms with E-state index < -0.39 is 22.0 Å². The Morgan fingerprint density at radius 3 is 2.38 bits per heavy atom. The van der Waals surface area contributed by atoms with E-state index in [1.807, 2.05) is 60.2 Å². The van der Waals surface area contributed by atoms with Gasteiger partial charge >= 0.3 is 5.97 Å².